The lowest BCUT2D eigenvalue weighted by Crippen LogP contribution is -2.39. The summed E-state index contributed by atoms with van der Waals surface area (Å²) in [6.45, 7) is 8.75. The highest BCUT2D eigenvalue weighted by Crippen LogP contribution is 2.35. The number of hydrogen-bond donors (Lipinski definition) is 1. The minimum absolute atomic E-state index is 0.226. The third-order valence-corrected chi connectivity index (χ3v) is 4.43. The molecular weight excluding hydrogens is 232 g/mol. The third-order valence-electron chi connectivity index (χ3n) is 4.43. The molecule has 0 aliphatic carbocycles. The van der Waals surface area contributed by atoms with Gasteiger partial charge in [-0.1, -0.05) is 45.0 Å². The van der Waals surface area contributed by atoms with Crippen LogP contribution >= 0.6 is 0 Å². The van der Waals surface area contributed by atoms with Gasteiger partial charge in [0, 0.05) is 6.04 Å². The zero-order valence-electron chi connectivity index (χ0n) is 12.8. The minimum Gasteiger partial charge on any atom is -0.330 e. The van der Waals surface area contributed by atoms with Crippen LogP contribution in [0.5, 0.6) is 0 Å². The average Bonchev–Trinajstić information content (AvgIpc) is 2.37. The topological polar surface area (TPSA) is 29.3 Å². The molecule has 1 aliphatic heterocycles. The van der Waals surface area contributed by atoms with Crippen molar-refractivity contribution in [1.82, 2.24) is 4.90 Å². The number of likely N-dealkylation sites (tertiary alicyclic amines) is 1. The van der Waals surface area contributed by atoms with Gasteiger partial charge in [-0.25, -0.2) is 0 Å². The van der Waals surface area contributed by atoms with Gasteiger partial charge in [0.2, 0.25) is 0 Å². The van der Waals surface area contributed by atoms with E-state index in [1.807, 2.05) is 0 Å². The molecule has 0 spiro atoms. The van der Waals surface area contributed by atoms with E-state index >= 15 is 0 Å². The number of benzene rings is 1. The zero-order valence-corrected chi connectivity index (χ0v) is 12.8. The molecule has 1 aromatic carbocycles. The van der Waals surface area contributed by atoms with E-state index in [1.165, 1.54) is 30.5 Å². The molecule has 2 rings (SSSR count). The Morgan fingerprint density at radius 2 is 1.84 bits per heavy atom. The fourth-order valence-corrected chi connectivity index (χ4v) is 3.21. The van der Waals surface area contributed by atoms with Crippen molar-refractivity contribution in [3.63, 3.8) is 0 Å². The summed E-state index contributed by atoms with van der Waals surface area (Å²) in [5.74, 6) is 0.597. The number of rotatable bonds is 2. The molecule has 2 heteroatoms. The quantitative estimate of drug-likeness (QED) is 0.884. The predicted molar refractivity (Wildman–Crippen MR) is 82.3 cm³/mol. The first-order chi connectivity index (χ1) is 8.93. The average molecular weight is 260 g/mol. The van der Waals surface area contributed by atoms with Gasteiger partial charge in [-0.15, -0.1) is 0 Å². The van der Waals surface area contributed by atoms with Crippen molar-refractivity contribution in [2.75, 3.05) is 20.1 Å². The minimum atomic E-state index is 0.226. The monoisotopic (exact) mass is 260 g/mol. The molecule has 1 aliphatic rings. The van der Waals surface area contributed by atoms with Gasteiger partial charge in [0.25, 0.3) is 0 Å². The van der Waals surface area contributed by atoms with Gasteiger partial charge in [0.15, 0.2) is 0 Å². The first-order valence-corrected chi connectivity index (χ1v) is 7.44. The molecule has 0 aromatic heterocycles. The Hall–Kier alpha value is -0.860. The van der Waals surface area contributed by atoms with Crippen LogP contribution in [0.15, 0.2) is 24.3 Å². The zero-order chi connectivity index (χ0) is 14.0. The second kappa shape index (κ2) is 5.64. The summed E-state index contributed by atoms with van der Waals surface area (Å²) in [6.07, 6.45) is 2.53. The number of hydrogen-bond acceptors (Lipinski definition) is 2. The molecule has 2 N–H and O–H groups in total. The Balaban J connectivity index is 2.24. The van der Waals surface area contributed by atoms with Crippen LogP contribution in [0.2, 0.25) is 0 Å². The maximum Gasteiger partial charge on any atom is 0.0385 e. The Morgan fingerprint density at radius 3 is 2.37 bits per heavy atom. The van der Waals surface area contributed by atoms with Gasteiger partial charge in [0.1, 0.15) is 0 Å². The summed E-state index contributed by atoms with van der Waals surface area (Å²) in [6, 6.07) is 9.66. The first-order valence-electron chi connectivity index (χ1n) is 7.44. The van der Waals surface area contributed by atoms with Crippen molar-refractivity contribution < 1.29 is 0 Å². The molecule has 106 valence electrons. The van der Waals surface area contributed by atoms with Crippen LogP contribution in [0.4, 0.5) is 0 Å². The summed E-state index contributed by atoms with van der Waals surface area (Å²) >= 11 is 0. The molecule has 1 fully saturated rings. The van der Waals surface area contributed by atoms with E-state index in [0.717, 1.165) is 6.54 Å². The van der Waals surface area contributed by atoms with E-state index in [0.29, 0.717) is 12.0 Å². The second-order valence-corrected chi connectivity index (χ2v) is 6.94. The largest absolute Gasteiger partial charge is 0.330 e. The molecular formula is C17H28N2. The van der Waals surface area contributed by atoms with Crippen LogP contribution in [-0.4, -0.2) is 25.0 Å². The predicted octanol–water partition coefficient (Wildman–Crippen LogP) is 3.33. The maximum absolute atomic E-state index is 5.97. The summed E-state index contributed by atoms with van der Waals surface area (Å²) in [4.78, 5) is 2.47. The van der Waals surface area contributed by atoms with Crippen molar-refractivity contribution >= 4 is 0 Å². The van der Waals surface area contributed by atoms with E-state index in [2.05, 4.69) is 57.0 Å². The van der Waals surface area contributed by atoms with Crippen LogP contribution in [0.3, 0.4) is 0 Å². The summed E-state index contributed by atoms with van der Waals surface area (Å²) in [5, 5.41) is 0. The molecule has 0 amide bonds. The summed E-state index contributed by atoms with van der Waals surface area (Å²) in [7, 11) is 2.23. The lowest BCUT2D eigenvalue weighted by molar-refractivity contribution is 0.125. The van der Waals surface area contributed by atoms with Crippen LogP contribution in [0.1, 0.15) is 50.8 Å². The second-order valence-electron chi connectivity index (χ2n) is 6.94. The lowest BCUT2D eigenvalue weighted by Gasteiger charge is -2.39. The highest BCUT2D eigenvalue weighted by atomic mass is 15.1. The SMILES string of the molecule is CN1CCCC(CN)C1c1ccc(C(C)(C)C)cc1. The lowest BCUT2D eigenvalue weighted by atomic mass is 9.82. The Morgan fingerprint density at radius 1 is 1.21 bits per heavy atom. The van der Waals surface area contributed by atoms with Crippen molar-refractivity contribution in [3.05, 3.63) is 35.4 Å². The molecule has 1 aromatic rings. The van der Waals surface area contributed by atoms with E-state index in [4.69, 9.17) is 5.73 Å². The van der Waals surface area contributed by atoms with Crippen LogP contribution in [-0.2, 0) is 5.41 Å². The standard InChI is InChI=1S/C17H28N2/c1-17(2,3)15-9-7-13(8-10-15)16-14(12-18)6-5-11-19(16)4/h7-10,14,16H,5-6,11-12,18H2,1-4H3. The first kappa shape index (κ1) is 14.5. The number of nitrogens with zero attached hydrogens (tertiary/aromatic N) is 1. The van der Waals surface area contributed by atoms with E-state index < -0.39 is 0 Å². The third kappa shape index (κ3) is 3.18. The Kier molecular flexibility index (Phi) is 4.32. The fraction of sp³-hybridized carbons (Fsp3) is 0.647. The molecule has 1 saturated heterocycles. The molecule has 2 atom stereocenters. The van der Waals surface area contributed by atoms with Crippen molar-refractivity contribution in [1.29, 1.82) is 0 Å². The molecule has 2 nitrogen and oxygen atoms in total. The highest BCUT2D eigenvalue weighted by molar-refractivity contribution is 5.30. The van der Waals surface area contributed by atoms with E-state index in [9.17, 15) is 0 Å². The number of nitrogens with two attached hydrogens (primary N) is 1. The van der Waals surface area contributed by atoms with Gasteiger partial charge in [-0.2, -0.15) is 0 Å². The summed E-state index contributed by atoms with van der Waals surface area (Å²) < 4.78 is 0. The molecule has 0 saturated carbocycles. The molecule has 2 unspecified atom stereocenters. The molecule has 19 heavy (non-hydrogen) atoms. The summed E-state index contributed by atoms with van der Waals surface area (Å²) in [5.41, 5.74) is 9.02. The van der Waals surface area contributed by atoms with E-state index in [1.54, 1.807) is 0 Å². The molecule has 1 heterocycles. The van der Waals surface area contributed by atoms with Crippen molar-refractivity contribution in [3.8, 4) is 0 Å². The molecule has 0 bridgehead atoms. The molecule has 0 radical (unpaired) electrons. The Bertz CT molecular complexity index is 402. The highest BCUT2D eigenvalue weighted by Gasteiger charge is 2.29. The van der Waals surface area contributed by atoms with Gasteiger partial charge in [-0.05, 0) is 55.4 Å². The normalized spacial score (nSPS) is 25.5. The smallest absolute Gasteiger partial charge is 0.0385 e. The van der Waals surface area contributed by atoms with Crippen LogP contribution in [0, 0.1) is 5.92 Å². The maximum atomic E-state index is 5.97. The Labute approximate surface area is 118 Å². The van der Waals surface area contributed by atoms with Crippen LogP contribution < -0.4 is 5.73 Å². The van der Waals surface area contributed by atoms with Gasteiger partial charge >= 0.3 is 0 Å². The fourth-order valence-electron chi connectivity index (χ4n) is 3.21. The van der Waals surface area contributed by atoms with E-state index in [-0.39, 0.29) is 5.41 Å². The van der Waals surface area contributed by atoms with Gasteiger partial charge in [-0.3, -0.25) is 4.90 Å². The van der Waals surface area contributed by atoms with Crippen molar-refractivity contribution in [2.45, 2.75) is 45.1 Å². The number of piperidine rings is 1. The van der Waals surface area contributed by atoms with Gasteiger partial charge in [0.05, 0.1) is 0 Å². The van der Waals surface area contributed by atoms with Crippen molar-refractivity contribution in [2.24, 2.45) is 11.7 Å². The van der Waals surface area contributed by atoms with Gasteiger partial charge < -0.3 is 5.73 Å². The van der Waals surface area contributed by atoms with Crippen LogP contribution in [0.25, 0.3) is 0 Å².